The third-order valence-electron chi connectivity index (χ3n) is 5.60. The van der Waals surface area contributed by atoms with E-state index in [2.05, 4.69) is 10.1 Å². The van der Waals surface area contributed by atoms with E-state index in [9.17, 15) is 14.7 Å². The maximum atomic E-state index is 11.4. The summed E-state index contributed by atoms with van der Waals surface area (Å²) in [6.07, 6.45) is 0.904. The average molecular weight is 448 g/mol. The van der Waals surface area contributed by atoms with Gasteiger partial charge in [0.1, 0.15) is 5.60 Å². The van der Waals surface area contributed by atoms with Crippen molar-refractivity contribution in [3.8, 4) is 0 Å². The molecule has 0 aliphatic carbocycles. The molecule has 0 bridgehead atoms. The minimum absolute atomic E-state index is 0.0808. The van der Waals surface area contributed by atoms with Gasteiger partial charge in [0.05, 0.1) is 0 Å². The highest BCUT2D eigenvalue weighted by Gasteiger charge is 2.41. The molecule has 3 aromatic carbocycles. The topological polar surface area (TPSA) is 95.9 Å². The lowest BCUT2D eigenvalue weighted by molar-refractivity contribution is -0.163. The number of benzene rings is 3. The van der Waals surface area contributed by atoms with Crippen LogP contribution in [0.15, 0.2) is 91.0 Å². The first-order valence-corrected chi connectivity index (χ1v) is 10.9. The number of aliphatic carboxylic acids is 1. The molecule has 0 radical (unpaired) electrons. The predicted molar refractivity (Wildman–Crippen MR) is 125 cm³/mol. The van der Waals surface area contributed by atoms with E-state index < -0.39 is 23.6 Å². The highest BCUT2D eigenvalue weighted by atomic mass is 16.6. The first-order chi connectivity index (χ1) is 15.9. The lowest BCUT2D eigenvalue weighted by Crippen LogP contribution is -2.46. The molecular weight excluding hydrogens is 418 g/mol. The Hall–Kier alpha value is -3.48. The Labute approximate surface area is 193 Å². The number of aliphatic hydroxyl groups is 1. The first-order valence-electron chi connectivity index (χ1n) is 10.9. The van der Waals surface area contributed by atoms with Gasteiger partial charge in [0, 0.05) is 18.5 Å². The van der Waals surface area contributed by atoms with Gasteiger partial charge >= 0.3 is 11.9 Å². The largest absolute Gasteiger partial charge is 0.478 e. The number of rotatable bonds is 6. The van der Waals surface area contributed by atoms with Gasteiger partial charge in [0.2, 0.25) is 6.10 Å². The summed E-state index contributed by atoms with van der Waals surface area (Å²) in [5, 5.41) is 23.6. The molecule has 2 atom stereocenters. The molecule has 2 unspecified atom stereocenters. The molecule has 1 aliphatic heterocycles. The second kappa shape index (κ2) is 11.4. The Morgan fingerprint density at radius 1 is 0.909 bits per heavy atom. The minimum Gasteiger partial charge on any atom is -0.478 e. The lowest BCUT2D eigenvalue weighted by Gasteiger charge is -2.35. The molecule has 1 fully saturated rings. The summed E-state index contributed by atoms with van der Waals surface area (Å²) < 4.78 is 4.66. The van der Waals surface area contributed by atoms with Crippen molar-refractivity contribution in [2.75, 3.05) is 6.54 Å². The van der Waals surface area contributed by atoms with Crippen LogP contribution in [-0.4, -0.2) is 34.7 Å². The molecule has 6 heteroatoms. The molecule has 0 aromatic heterocycles. The van der Waals surface area contributed by atoms with E-state index >= 15 is 0 Å². The van der Waals surface area contributed by atoms with Crippen molar-refractivity contribution in [3.05, 3.63) is 108 Å². The molecule has 172 valence electrons. The lowest BCUT2D eigenvalue weighted by atomic mass is 9.79. The summed E-state index contributed by atoms with van der Waals surface area (Å²) in [6, 6.07) is 28.3. The first kappa shape index (κ1) is 24.2. The molecule has 0 amide bonds. The monoisotopic (exact) mass is 447 g/mol. The highest BCUT2D eigenvalue weighted by Crippen LogP contribution is 2.36. The molecule has 3 aromatic rings. The van der Waals surface area contributed by atoms with Crippen LogP contribution >= 0.6 is 0 Å². The Kier molecular flexibility index (Phi) is 8.35. The Morgan fingerprint density at radius 3 is 1.79 bits per heavy atom. The van der Waals surface area contributed by atoms with E-state index in [1.807, 2.05) is 60.7 Å². The second-order valence-corrected chi connectivity index (χ2v) is 7.89. The van der Waals surface area contributed by atoms with Gasteiger partial charge in [-0.25, -0.2) is 4.79 Å². The van der Waals surface area contributed by atoms with Crippen LogP contribution in [0.2, 0.25) is 0 Å². The predicted octanol–water partition coefficient (Wildman–Crippen LogP) is 4.05. The van der Waals surface area contributed by atoms with E-state index in [4.69, 9.17) is 5.11 Å². The van der Waals surface area contributed by atoms with Gasteiger partial charge in [-0.3, -0.25) is 4.79 Å². The fraction of sp³-hybridized carbons (Fsp3) is 0.259. The van der Waals surface area contributed by atoms with Gasteiger partial charge in [-0.05, 0) is 30.5 Å². The third-order valence-corrected chi connectivity index (χ3v) is 5.60. The van der Waals surface area contributed by atoms with Crippen molar-refractivity contribution >= 4 is 11.9 Å². The van der Waals surface area contributed by atoms with Gasteiger partial charge in [0.25, 0.3) is 0 Å². The summed E-state index contributed by atoms with van der Waals surface area (Å²) in [4.78, 5) is 21.4. The number of nitrogens with one attached hydrogen (secondary N) is 1. The maximum Gasteiger partial charge on any atom is 0.349 e. The quantitative estimate of drug-likeness (QED) is 0.494. The van der Waals surface area contributed by atoms with Crippen molar-refractivity contribution in [3.63, 3.8) is 0 Å². The van der Waals surface area contributed by atoms with E-state index in [1.54, 1.807) is 30.3 Å². The minimum atomic E-state index is -1.21. The summed E-state index contributed by atoms with van der Waals surface area (Å²) in [7, 11) is 0. The van der Waals surface area contributed by atoms with Crippen molar-refractivity contribution in [1.29, 1.82) is 0 Å². The molecule has 33 heavy (non-hydrogen) atoms. The van der Waals surface area contributed by atoms with Crippen LogP contribution in [-0.2, 0) is 19.9 Å². The zero-order valence-corrected chi connectivity index (χ0v) is 18.6. The van der Waals surface area contributed by atoms with Gasteiger partial charge in [-0.2, -0.15) is 0 Å². The van der Waals surface area contributed by atoms with Crippen LogP contribution in [0.25, 0.3) is 0 Å². The molecule has 0 spiro atoms. The van der Waals surface area contributed by atoms with Crippen LogP contribution in [0.5, 0.6) is 0 Å². The zero-order valence-electron chi connectivity index (χ0n) is 18.6. The molecule has 1 heterocycles. The number of carbonyl (C=O) groups excluding carboxylic acids is 1. The highest BCUT2D eigenvalue weighted by molar-refractivity contribution is 5.78. The molecule has 3 N–H and O–H groups in total. The molecule has 6 nitrogen and oxygen atoms in total. The van der Waals surface area contributed by atoms with Crippen LogP contribution in [0, 0.1) is 0 Å². The fourth-order valence-electron chi connectivity index (χ4n) is 4.05. The number of hydrogen-bond acceptors (Lipinski definition) is 5. The third kappa shape index (κ3) is 6.06. The van der Waals surface area contributed by atoms with Crippen molar-refractivity contribution in [2.24, 2.45) is 0 Å². The normalized spacial score (nSPS) is 16.2. The van der Waals surface area contributed by atoms with Crippen LogP contribution < -0.4 is 5.32 Å². The average Bonchev–Trinajstić information content (AvgIpc) is 3.39. The number of carboxylic acids is 1. The molecule has 0 saturated carbocycles. The number of esters is 1. The zero-order chi connectivity index (χ0) is 23.7. The van der Waals surface area contributed by atoms with E-state index in [1.165, 1.54) is 6.92 Å². The molecule has 1 aliphatic rings. The number of hydrogen-bond donors (Lipinski definition) is 3. The summed E-state index contributed by atoms with van der Waals surface area (Å²) in [6.45, 7) is 2.16. The van der Waals surface area contributed by atoms with Crippen molar-refractivity contribution in [1.82, 2.24) is 5.32 Å². The van der Waals surface area contributed by atoms with E-state index in [0.29, 0.717) is 5.56 Å². The SMILES string of the molecule is CC(=O)OC(C(=O)O)c1ccccc1.OC(c1ccccc1)(c1ccccc1)C1CCCN1. The summed E-state index contributed by atoms with van der Waals surface area (Å²) >= 11 is 0. The Bertz CT molecular complexity index is 979. The molecule has 1 saturated heterocycles. The van der Waals surface area contributed by atoms with Crippen molar-refractivity contribution in [2.45, 2.75) is 37.5 Å². The summed E-state index contributed by atoms with van der Waals surface area (Å²) in [5.74, 6) is -1.78. The maximum absolute atomic E-state index is 11.4. The number of ether oxygens (including phenoxy) is 1. The van der Waals surface area contributed by atoms with E-state index in [-0.39, 0.29) is 6.04 Å². The summed E-state index contributed by atoms with van der Waals surface area (Å²) in [5.41, 5.74) is 1.43. The van der Waals surface area contributed by atoms with Gasteiger partial charge in [-0.15, -0.1) is 0 Å². The molecular formula is C27H29NO5. The number of carboxylic acid groups (broad SMARTS) is 1. The Balaban J connectivity index is 0.000000196. The second-order valence-electron chi connectivity index (χ2n) is 7.89. The standard InChI is InChI=1S/C17H19NO.C10H10O4/c19-17(16-12-7-13-18-16,14-8-3-1-4-9-14)15-10-5-2-6-11-15;1-7(11)14-9(10(12)13)8-5-3-2-4-6-8/h1-6,8-11,16,18-19H,7,12-13H2;2-6,9H,1H3,(H,12,13). The smallest absolute Gasteiger partial charge is 0.349 e. The molecule has 4 rings (SSSR count). The number of carbonyl (C=O) groups is 2. The van der Waals surface area contributed by atoms with Gasteiger partial charge < -0.3 is 20.3 Å². The van der Waals surface area contributed by atoms with E-state index in [0.717, 1.165) is 30.5 Å². The van der Waals surface area contributed by atoms with Crippen LogP contribution in [0.4, 0.5) is 0 Å². The van der Waals surface area contributed by atoms with Crippen molar-refractivity contribution < 1.29 is 24.5 Å². The van der Waals surface area contributed by atoms with Crippen LogP contribution in [0.1, 0.15) is 42.6 Å². The van der Waals surface area contributed by atoms with Gasteiger partial charge in [-0.1, -0.05) is 91.0 Å². The fourth-order valence-corrected chi connectivity index (χ4v) is 4.05. The van der Waals surface area contributed by atoms with Crippen LogP contribution in [0.3, 0.4) is 0 Å². The van der Waals surface area contributed by atoms with Gasteiger partial charge in [0.15, 0.2) is 0 Å². The Morgan fingerprint density at radius 2 is 1.39 bits per heavy atom.